The molecule has 2 aliphatic rings. The highest BCUT2D eigenvalue weighted by Gasteiger charge is 2.29. The van der Waals surface area contributed by atoms with Gasteiger partial charge in [-0.3, -0.25) is 9.59 Å². The molecule has 3 aromatic rings. The number of methoxy groups -OCH3 is 1. The third-order valence-corrected chi connectivity index (χ3v) is 6.55. The minimum absolute atomic E-state index is 0.0101. The van der Waals surface area contributed by atoms with E-state index in [0.717, 1.165) is 55.5 Å². The summed E-state index contributed by atoms with van der Waals surface area (Å²) in [5, 5.41) is 2.94. The molecule has 1 aromatic carbocycles. The molecule has 9 heteroatoms. The van der Waals surface area contributed by atoms with Crippen LogP contribution in [0.25, 0.3) is 22.6 Å². The molecule has 0 unspecified atom stereocenters. The zero-order valence-electron chi connectivity index (χ0n) is 19.3. The van der Waals surface area contributed by atoms with Crippen LogP contribution >= 0.6 is 0 Å². The number of imidazole rings is 1. The fourth-order valence-corrected chi connectivity index (χ4v) is 4.81. The summed E-state index contributed by atoms with van der Waals surface area (Å²) in [6, 6.07) is 5.66. The molecule has 2 aromatic heterocycles. The van der Waals surface area contributed by atoms with Gasteiger partial charge in [0.05, 0.1) is 18.1 Å². The predicted molar refractivity (Wildman–Crippen MR) is 124 cm³/mol. The van der Waals surface area contributed by atoms with Crippen LogP contribution in [0.4, 0.5) is 5.69 Å². The third-order valence-electron chi connectivity index (χ3n) is 6.55. The summed E-state index contributed by atoms with van der Waals surface area (Å²) < 4.78 is 15.1. The Hall–Kier alpha value is -3.33. The lowest BCUT2D eigenvalue weighted by atomic mass is 10.2. The molecule has 1 atom stereocenters. The van der Waals surface area contributed by atoms with Crippen molar-refractivity contribution in [3.05, 3.63) is 30.0 Å². The zero-order chi connectivity index (χ0) is 23.1. The molecule has 0 spiro atoms. The number of hydrogen-bond acceptors (Lipinski definition) is 5. The van der Waals surface area contributed by atoms with Crippen molar-refractivity contribution < 1.29 is 19.1 Å². The van der Waals surface area contributed by atoms with E-state index in [1.807, 2.05) is 52.5 Å². The van der Waals surface area contributed by atoms with Gasteiger partial charge in [-0.2, -0.15) is 0 Å². The van der Waals surface area contributed by atoms with Crippen molar-refractivity contribution in [2.24, 2.45) is 14.1 Å². The van der Waals surface area contributed by atoms with Crippen LogP contribution < -0.4 is 10.1 Å². The van der Waals surface area contributed by atoms with Crippen molar-refractivity contribution in [3.63, 3.8) is 0 Å². The van der Waals surface area contributed by atoms with Crippen molar-refractivity contribution in [1.29, 1.82) is 0 Å². The normalized spacial score (nSPS) is 18.3. The molecule has 2 saturated heterocycles. The van der Waals surface area contributed by atoms with Crippen molar-refractivity contribution >= 4 is 28.5 Å². The number of carbonyl (C=O) groups excluding carboxylic acids is 2. The fourth-order valence-electron chi connectivity index (χ4n) is 4.81. The van der Waals surface area contributed by atoms with Gasteiger partial charge >= 0.3 is 0 Å². The zero-order valence-corrected chi connectivity index (χ0v) is 19.3. The Labute approximate surface area is 192 Å². The van der Waals surface area contributed by atoms with Crippen LogP contribution in [0.15, 0.2) is 24.4 Å². The molecule has 33 heavy (non-hydrogen) atoms. The first kappa shape index (κ1) is 21.5. The fraction of sp³-hybridized carbons (Fsp3) is 0.458. The summed E-state index contributed by atoms with van der Waals surface area (Å²) in [7, 11) is 5.41. The summed E-state index contributed by atoms with van der Waals surface area (Å²) in [4.78, 5) is 32.2. The summed E-state index contributed by atoms with van der Waals surface area (Å²) in [5.41, 5.74) is 3.62. The van der Waals surface area contributed by atoms with E-state index in [1.54, 1.807) is 7.11 Å². The maximum atomic E-state index is 13.1. The summed E-state index contributed by atoms with van der Waals surface area (Å²) >= 11 is 0. The summed E-state index contributed by atoms with van der Waals surface area (Å²) in [6.07, 6.45) is 5.14. The van der Waals surface area contributed by atoms with Gasteiger partial charge in [-0.15, -0.1) is 0 Å². The Morgan fingerprint density at radius 3 is 2.67 bits per heavy atom. The Morgan fingerprint density at radius 1 is 1.18 bits per heavy atom. The van der Waals surface area contributed by atoms with Crippen molar-refractivity contribution in [1.82, 2.24) is 19.0 Å². The van der Waals surface area contributed by atoms with Gasteiger partial charge in [0.1, 0.15) is 17.4 Å². The number of nitrogens with one attached hydrogen (secondary N) is 1. The number of ether oxygens (including phenoxy) is 2. The Bertz CT molecular complexity index is 1220. The molecule has 5 rings (SSSR count). The molecule has 4 heterocycles. The topological polar surface area (TPSA) is 90.6 Å². The number of aryl methyl sites for hydroxylation is 2. The smallest absolute Gasteiger partial charge is 0.259 e. The minimum Gasteiger partial charge on any atom is -0.494 e. The first-order chi connectivity index (χ1) is 16.0. The second kappa shape index (κ2) is 8.55. The average Bonchev–Trinajstić information content (AvgIpc) is 3.60. The second-order valence-corrected chi connectivity index (χ2v) is 8.72. The predicted octanol–water partition coefficient (Wildman–Crippen LogP) is 2.94. The largest absolute Gasteiger partial charge is 0.494 e. The molecule has 0 saturated carbocycles. The molecule has 0 radical (unpaired) electrons. The van der Waals surface area contributed by atoms with E-state index < -0.39 is 0 Å². The van der Waals surface area contributed by atoms with Crippen LogP contribution in [0.5, 0.6) is 5.75 Å². The number of anilines is 1. The summed E-state index contributed by atoms with van der Waals surface area (Å²) in [6.45, 7) is 2.18. The van der Waals surface area contributed by atoms with Gasteiger partial charge in [0.15, 0.2) is 11.6 Å². The lowest BCUT2D eigenvalue weighted by Crippen LogP contribution is -2.27. The number of aromatic nitrogens is 3. The molecule has 0 aliphatic carbocycles. The molecule has 0 bridgehead atoms. The highest BCUT2D eigenvalue weighted by atomic mass is 16.5. The molecule has 174 valence electrons. The molecule has 2 fully saturated rings. The molecule has 2 amide bonds. The first-order valence-electron chi connectivity index (χ1n) is 11.4. The van der Waals surface area contributed by atoms with Gasteiger partial charge in [-0.05, 0) is 43.9 Å². The van der Waals surface area contributed by atoms with E-state index in [2.05, 4.69) is 5.32 Å². The van der Waals surface area contributed by atoms with Gasteiger partial charge in [0.25, 0.3) is 11.8 Å². The quantitative estimate of drug-likeness (QED) is 0.644. The van der Waals surface area contributed by atoms with Crippen LogP contribution in [0.2, 0.25) is 0 Å². The van der Waals surface area contributed by atoms with E-state index >= 15 is 0 Å². The lowest BCUT2D eigenvalue weighted by Gasteiger charge is -2.15. The Kier molecular flexibility index (Phi) is 5.57. The Balaban J connectivity index is 1.50. The van der Waals surface area contributed by atoms with Crippen molar-refractivity contribution in [3.8, 4) is 17.3 Å². The van der Waals surface area contributed by atoms with E-state index in [-0.39, 0.29) is 17.9 Å². The average molecular weight is 452 g/mol. The van der Waals surface area contributed by atoms with Crippen molar-refractivity contribution in [2.45, 2.75) is 31.8 Å². The number of carbonyl (C=O) groups is 2. The van der Waals surface area contributed by atoms with Crippen LogP contribution in [0, 0.1) is 0 Å². The number of benzene rings is 1. The number of amides is 2. The summed E-state index contributed by atoms with van der Waals surface area (Å²) in [5.74, 6) is 1.08. The number of fused-ring (bicyclic) bond motifs is 1. The molecule has 2 aliphatic heterocycles. The molecular formula is C24H29N5O4. The molecular weight excluding hydrogens is 422 g/mol. The third kappa shape index (κ3) is 3.76. The standard InChI is InChI=1S/C24H29N5O4/c1-27-14-16(24(31)29-10-4-5-11-29)21(32-3)20(27)22-26-17-13-15(8-9-18(17)28(22)2)25-23(30)19-7-6-12-33-19/h8-9,13-14,19H,4-7,10-12H2,1-3H3,(H,25,30)/t19-/m0/s1. The Morgan fingerprint density at radius 2 is 1.97 bits per heavy atom. The van der Waals surface area contributed by atoms with E-state index in [0.29, 0.717) is 29.4 Å². The molecule has 9 nitrogen and oxygen atoms in total. The van der Waals surface area contributed by atoms with Crippen LogP contribution in [0.1, 0.15) is 36.0 Å². The van der Waals surface area contributed by atoms with Gasteiger partial charge in [0.2, 0.25) is 0 Å². The van der Waals surface area contributed by atoms with Crippen LogP contribution in [0.3, 0.4) is 0 Å². The van der Waals surface area contributed by atoms with Crippen LogP contribution in [-0.4, -0.2) is 63.7 Å². The highest BCUT2D eigenvalue weighted by Crippen LogP contribution is 2.37. The van der Waals surface area contributed by atoms with E-state index in [4.69, 9.17) is 14.5 Å². The second-order valence-electron chi connectivity index (χ2n) is 8.72. The highest BCUT2D eigenvalue weighted by molar-refractivity contribution is 6.00. The number of hydrogen-bond donors (Lipinski definition) is 1. The lowest BCUT2D eigenvalue weighted by molar-refractivity contribution is -0.124. The van der Waals surface area contributed by atoms with Gasteiger partial charge in [-0.1, -0.05) is 0 Å². The number of rotatable bonds is 5. The van der Waals surface area contributed by atoms with Crippen molar-refractivity contribution in [2.75, 3.05) is 32.1 Å². The minimum atomic E-state index is -0.390. The van der Waals surface area contributed by atoms with Gasteiger partial charge in [0, 0.05) is 45.7 Å². The maximum Gasteiger partial charge on any atom is 0.259 e. The number of likely N-dealkylation sites (tertiary alicyclic amines) is 1. The van der Waals surface area contributed by atoms with E-state index in [1.165, 1.54) is 0 Å². The number of nitrogens with zero attached hydrogens (tertiary/aromatic N) is 4. The van der Waals surface area contributed by atoms with Gasteiger partial charge in [-0.25, -0.2) is 4.98 Å². The van der Waals surface area contributed by atoms with E-state index in [9.17, 15) is 9.59 Å². The van der Waals surface area contributed by atoms with Gasteiger partial charge < -0.3 is 28.8 Å². The SMILES string of the molecule is COc1c(C(=O)N2CCCC2)cn(C)c1-c1nc2cc(NC(=O)[C@@H]3CCCO3)ccc2n1C. The maximum absolute atomic E-state index is 13.1. The van der Waals surface area contributed by atoms with Crippen LogP contribution in [-0.2, 0) is 23.6 Å². The molecule has 1 N–H and O–H groups in total. The monoisotopic (exact) mass is 451 g/mol. The first-order valence-corrected chi connectivity index (χ1v) is 11.4.